The molecular weight excluding hydrogens is 466 g/mol. The van der Waals surface area contributed by atoms with Crippen molar-refractivity contribution in [2.24, 2.45) is 5.92 Å². The lowest BCUT2D eigenvalue weighted by Crippen LogP contribution is -2.56. The predicted molar refractivity (Wildman–Crippen MR) is 112 cm³/mol. The molecule has 1 aliphatic rings. The Morgan fingerprint density at radius 1 is 1.09 bits per heavy atom. The molecule has 0 amide bonds. The Hall–Kier alpha value is -2.37. The number of rotatable bonds is 7. The van der Waals surface area contributed by atoms with E-state index in [0.717, 1.165) is 11.8 Å². The second kappa shape index (κ2) is 11.5. The first-order chi connectivity index (χ1) is 15.0. The molecule has 1 saturated heterocycles. The number of hydrogen-bond acceptors (Lipinski definition) is 11. The van der Waals surface area contributed by atoms with Crippen molar-refractivity contribution in [3.05, 3.63) is 23.0 Å². The third-order valence-corrected chi connectivity index (χ3v) is 5.86. The number of pyridine rings is 1. The van der Waals surface area contributed by atoms with Gasteiger partial charge in [0.2, 0.25) is 0 Å². The van der Waals surface area contributed by atoms with Gasteiger partial charge in [0, 0.05) is 37.8 Å². The van der Waals surface area contributed by atoms with Crippen LogP contribution in [0.2, 0.25) is 5.02 Å². The maximum Gasteiger partial charge on any atom is 0.357 e. The number of ether oxygens (including phenoxy) is 5. The van der Waals surface area contributed by atoms with Crippen LogP contribution in [-0.4, -0.2) is 66.3 Å². The van der Waals surface area contributed by atoms with E-state index in [1.807, 2.05) is 0 Å². The van der Waals surface area contributed by atoms with Crippen LogP contribution in [0.1, 0.15) is 38.2 Å². The highest BCUT2D eigenvalue weighted by Crippen LogP contribution is 2.40. The fraction of sp³-hybridized carbons (Fsp3) is 0.550. The number of nitrogens with zero attached hydrogens (tertiary/aromatic N) is 1. The quantitative estimate of drug-likeness (QED) is 0.413. The molecule has 1 aromatic heterocycles. The molecule has 10 nitrogen and oxygen atoms in total. The lowest BCUT2D eigenvalue weighted by Gasteiger charge is -2.43. The van der Waals surface area contributed by atoms with E-state index in [-0.39, 0.29) is 17.3 Å². The molecule has 1 fully saturated rings. The minimum Gasteiger partial charge on any atom is -0.464 e. The Morgan fingerprint density at radius 3 is 2.28 bits per heavy atom. The van der Waals surface area contributed by atoms with Crippen molar-refractivity contribution in [2.75, 3.05) is 13.7 Å². The Morgan fingerprint density at radius 2 is 1.72 bits per heavy atom. The van der Waals surface area contributed by atoms with Gasteiger partial charge in [-0.05, 0) is 6.07 Å². The van der Waals surface area contributed by atoms with Gasteiger partial charge in [-0.3, -0.25) is 14.4 Å². The van der Waals surface area contributed by atoms with Crippen LogP contribution in [0.15, 0.2) is 17.2 Å². The maximum atomic E-state index is 12.1. The molecule has 176 valence electrons. The molecule has 1 aromatic rings. The SMILES string of the molecule is COC(=O)c1ncc(Cl)cc1S[C@H]1OC(COC(C)=O)[C@H](OC(C)=O)C(C)C1OC(C)=O. The fourth-order valence-corrected chi connectivity index (χ4v) is 4.70. The number of halogens is 1. The summed E-state index contributed by atoms with van der Waals surface area (Å²) in [6.45, 7) is 5.23. The van der Waals surface area contributed by atoms with E-state index >= 15 is 0 Å². The summed E-state index contributed by atoms with van der Waals surface area (Å²) in [5, 5.41) is 0.266. The summed E-state index contributed by atoms with van der Waals surface area (Å²) in [4.78, 5) is 51.3. The topological polar surface area (TPSA) is 127 Å². The number of thioether (sulfide) groups is 1. The fourth-order valence-electron chi connectivity index (χ4n) is 3.14. The van der Waals surface area contributed by atoms with Crippen LogP contribution in [0.25, 0.3) is 0 Å². The van der Waals surface area contributed by atoms with E-state index in [1.165, 1.54) is 40.1 Å². The molecule has 2 rings (SSSR count). The molecule has 0 N–H and O–H groups in total. The number of carbonyl (C=O) groups excluding carboxylic acids is 4. The van der Waals surface area contributed by atoms with Gasteiger partial charge in [0.15, 0.2) is 5.69 Å². The highest BCUT2D eigenvalue weighted by Gasteiger charge is 2.48. The smallest absolute Gasteiger partial charge is 0.357 e. The first-order valence-electron chi connectivity index (χ1n) is 9.57. The van der Waals surface area contributed by atoms with E-state index in [2.05, 4.69) is 4.98 Å². The summed E-state index contributed by atoms with van der Waals surface area (Å²) in [7, 11) is 1.22. The van der Waals surface area contributed by atoms with Crippen LogP contribution in [0.5, 0.6) is 0 Å². The van der Waals surface area contributed by atoms with Gasteiger partial charge in [-0.2, -0.15) is 0 Å². The summed E-state index contributed by atoms with van der Waals surface area (Å²) < 4.78 is 26.8. The lowest BCUT2D eigenvalue weighted by atomic mass is 9.91. The van der Waals surface area contributed by atoms with E-state index in [0.29, 0.717) is 4.90 Å². The molecule has 3 unspecified atom stereocenters. The van der Waals surface area contributed by atoms with Crippen molar-refractivity contribution in [1.29, 1.82) is 0 Å². The molecule has 5 atom stereocenters. The average molecular weight is 490 g/mol. The van der Waals surface area contributed by atoms with Gasteiger partial charge >= 0.3 is 23.9 Å². The number of aromatic nitrogens is 1. The molecule has 0 radical (unpaired) electrons. The van der Waals surface area contributed by atoms with Gasteiger partial charge in [0.1, 0.15) is 30.4 Å². The zero-order valence-corrected chi connectivity index (χ0v) is 19.7. The number of hydrogen-bond donors (Lipinski definition) is 0. The van der Waals surface area contributed by atoms with E-state index in [1.54, 1.807) is 6.92 Å². The Labute approximate surface area is 194 Å². The third kappa shape index (κ3) is 6.81. The van der Waals surface area contributed by atoms with Gasteiger partial charge in [-0.15, -0.1) is 0 Å². The van der Waals surface area contributed by atoms with Gasteiger partial charge < -0.3 is 23.7 Å². The number of methoxy groups -OCH3 is 1. The molecule has 0 spiro atoms. The largest absolute Gasteiger partial charge is 0.464 e. The van der Waals surface area contributed by atoms with Crippen molar-refractivity contribution in [1.82, 2.24) is 4.98 Å². The molecule has 0 bridgehead atoms. The average Bonchev–Trinajstić information content (AvgIpc) is 2.70. The monoisotopic (exact) mass is 489 g/mol. The molecule has 12 heteroatoms. The van der Waals surface area contributed by atoms with E-state index in [9.17, 15) is 19.2 Å². The van der Waals surface area contributed by atoms with Gasteiger partial charge in [-0.25, -0.2) is 9.78 Å². The minimum absolute atomic E-state index is 0.00151. The number of esters is 4. The van der Waals surface area contributed by atoms with Crippen LogP contribution in [0.4, 0.5) is 0 Å². The molecule has 1 aliphatic heterocycles. The van der Waals surface area contributed by atoms with Gasteiger partial charge in [-0.1, -0.05) is 30.3 Å². The molecule has 0 aliphatic carbocycles. The highest BCUT2D eigenvalue weighted by atomic mass is 35.5. The molecule has 0 aromatic carbocycles. The van der Waals surface area contributed by atoms with Crippen molar-refractivity contribution in [3.63, 3.8) is 0 Å². The van der Waals surface area contributed by atoms with Crippen molar-refractivity contribution in [3.8, 4) is 0 Å². The summed E-state index contributed by atoms with van der Waals surface area (Å²) in [6.07, 6.45) is -1.28. The maximum absolute atomic E-state index is 12.1. The first kappa shape index (κ1) is 25.9. The first-order valence-corrected chi connectivity index (χ1v) is 10.8. The minimum atomic E-state index is -0.875. The van der Waals surface area contributed by atoms with Crippen LogP contribution in [0.3, 0.4) is 0 Å². The predicted octanol–water partition coefficient (Wildman–Crippen LogP) is 2.40. The summed E-state index contributed by atoms with van der Waals surface area (Å²) in [5.41, 5.74) is -0.872. The van der Waals surface area contributed by atoms with E-state index in [4.69, 9.17) is 35.3 Å². The van der Waals surface area contributed by atoms with E-state index < -0.39 is 53.5 Å². The molecular formula is C20H24ClNO9S. The molecule has 2 heterocycles. The Balaban J connectivity index is 2.42. The van der Waals surface area contributed by atoms with Gasteiger partial charge in [0.05, 0.1) is 12.1 Å². The zero-order chi connectivity index (χ0) is 24.0. The van der Waals surface area contributed by atoms with Crippen LogP contribution >= 0.6 is 23.4 Å². The van der Waals surface area contributed by atoms with Gasteiger partial charge in [0.25, 0.3) is 0 Å². The summed E-state index contributed by atoms with van der Waals surface area (Å²) in [6, 6.07) is 1.50. The third-order valence-electron chi connectivity index (χ3n) is 4.48. The van der Waals surface area contributed by atoms with Crippen molar-refractivity contribution in [2.45, 2.75) is 56.3 Å². The van der Waals surface area contributed by atoms with Crippen LogP contribution < -0.4 is 0 Å². The Bertz CT molecular complexity index is 879. The molecule has 0 saturated carbocycles. The highest BCUT2D eigenvalue weighted by molar-refractivity contribution is 8.00. The normalized spacial score (nSPS) is 24.9. The standard InChI is InChI=1S/C20H24ClNO9S/c1-9-17(29-11(3)24)14(8-28-10(2)23)31-20(18(9)30-12(4)25)32-15-6-13(21)7-22-16(15)19(26)27-5/h6-7,9,14,17-18,20H,8H2,1-5H3/t9?,14?,17-,18?,20-/m1/s1. The van der Waals surface area contributed by atoms with Crippen LogP contribution in [0, 0.1) is 5.92 Å². The summed E-state index contributed by atoms with van der Waals surface area (Å²) in [5.74, 6) is -2.91. The zero-order valence-electron chi connectivity index (χ0n) is 18.2. The molecule has 32 heavy (non-hydrogen) atoms. The Kier molecular flexibility index (Phi) is 9.29. The van der Waals surface area contributed by atoms with Crippen molar-refractivity contribution >= 4 is 47.2 Å². The van der Waals surface area contributed by atoms with Crippen molar-refractivity contribution < 1.29 is 42.9 Å². The number of carbonyl (C=O) groups is 4. The summed E-state index contributed by atoms with van der Waals surface area (Å²) >= 11 is 7.09. The second-order valence-corrected chi connectivity index (χ2v) is 8.54. The lowest BCUT2D eigenvalue weighted by molar-refractivity contribution is -0.212. The second-order valence-electron chi connectivity index (χ2n) is 6.96. The van der Waals surface area contributed by atoms with Crippen LogP contribution in [-0.2, 0) is 38.1 Å².